The zero-order valence-electron chi connectivity index (χ0n) is 19.9. The second-order valence-electron chi connectivity index (χ2n) is 9.33. The van der Waals surface area contributed by atoms with Crippen LogP contribution in [0.15, 0.2) is 36.7 Å². The molecule has 3 aromatic rings. The van der Waals surface area contributed by atoms with Gasteiger partial charge in [-0.2, -0.15) is 0 Å². The van der Waals surface area contributed by atoms with Crippen molar-refractivity contribution in [3.05, 3.63) is 47.5 Å². The maximum Gasteiger partial charge on any atom is 0.162 e. The second kappa shape index (κ2) is 10.5. The second-order valence-corrected chi connectivity index (χ2v) is 9.77. The summed E-state index contributed by atoms with van der Waals surface area (Å²) < 4.78 is 31.5. The molecule has 9 heteroatoms. The third-order valence-electron chi connectivity index (χ3n) is 7.05. The number of likely N-dealkylation sites (tertiary alicyclic amines) is 1. The van der Waals surface area contributed by atoms with Crippen molar-refractivity contribution in [3.8, 4) is 11.5 Å². The minimum Gasteiger partial charge on any atom is -0.493 e. The Bertz CT molecular complexity index is 1190. The predicted molar refractivity (Wildman–Crippen MR) is 134 cm³/mol. The summed E-state index contributed by atoms with van der Waals surface area (Å²) >= 11 is 6.04. The smallest absolute Gasteiger partial charge is 0.162 e. The summed E-state index contributed by atoms with van der Waals surface area (Å²) in [5.74, 6) is 1.24. The van der Waals surface area contributed by atoms with E-state index in [0.29, 0.717) is 45.3 Å². The van der Waals surface area contributed by atoms with Gasteiger partial charge >= 0.3 is 0 Å². The number of benzene rings is 2. The normalized spacial score (nSPS) is 17.7. The summed E-state index contributed by atoms with van der Waals surface area (Å²) in [6.07, 6.45) is 5.95. The zero-order chi connectivity index (χ0) is 24.3. The van der Waals surface area contributed by atoms with Crippen molar-refractivity contribution >= 4 is 34.0 Å². The number of aromatic nitrogens is 2. The standard InChI is InChI=1S/C26H30ClFN4O3/c1-33-23-15-21-19(25(30-17-29-21)31-22-13-18(27)3-4-20(22)28)14-24(23)35-10-2-8-32-9-5-26(16-32)6-11-34-12-7-26/h3-4,13-15,17H,2,5-12,16H2,1H3,(H,29,30,31). The van der Waals surface area contributed by atoms with Crippen LogP contribution >= 0.6 is 11.6 Å². The van der Waals surface area contributed by atoms with Crippen molar-refractivity contribution in [2.24, 2.45) is 5.41 Å². The van der Waals surface area contributed by atoms with Gasteiger partial charge in [-0.15, -0.1) is 0 Å². The average Bonchev–Trinajstić information content (AvgIpc) is 3.26. The first-order valence-corrected chi connectivity index (χ1v) is 12.4. The number of fused-ring (bicyclic) bond motifs is 1. The van der Waals surface area contributed by atoms with Gasteiger partial charge in [-0.1, -0.05) is 11.6 Å². The molecule has 2 aromatic carbocycles. The molecular formula is C26H30ClFN4O3. The van der Waals surface area contributed by atoms with Crippen LogP contribution in [0, 0.1) is 11.2 Å². The van der Waals surface area contributed by atoms with Gasteiger partial charge in [-0.25, -0.2) is 14.4 Å². The van der Waals surface area contributed by atoms with E-state index in [1.54, 1.807) is 13.2 Å². The minimum absolute atomic E-state index is 0.240. The molecule has 3 heterocycles. The highest BCUT2D eigenvalue weighted by atomic mass is 35.5. The van der Waals surface area contributed by atoms with Crippen LogP contribution in [0.3, 0.4) is 0 Å². The molecule has 5 rings (SSSR count). The molecule has 2 aliphatic rings. The summed E-state index contributed by atoms with van der Waals surface area (Å²) in [4.78, 5) is 11.2. The summed E-state index contributed by atoms with van der Waals surface area (Å²) in [7, 11) is 1.60. The Labute approximate surface area is 209 Å². The van der Waals surface area contributed by atoms with Crippen LogP contribution in [0.2, 0.25) is 5.02 Å². The maximum absolute atomic E-state index is 14.3. The number of halogens is 2. The number of nitrogens with one attached hydrogen (secondary N) is 1. The van der Waals surface area contributed by atoms with Crippen molar-refractivity contribution in [1.29, 1.82) is 0 Å². The van der Waals surface area contributed by atoms with Crippen molar-refractivity contribution in [3.63, 3.8) is 0 Å². The number of ether oxygens (including phenoxy) is 3. The summed E-state index contributed by atoms with van der Waals surface area (Å²) in [6.45, 7) is 5.65. The molecule has 0 bridgehead atoms. The van der Waals surface area contributed by atoms with Crippen molar-refractivity contribution < 1.29 is 18.6 Å². The average molecular weight is 501 g/mol. The molecule has 0 radical (unpaired) electrons. The van der Waals surface area contributed by atoms with E-state index in [1.165, 1.54) is 43.8 Å². The summed E-state index contributed by atoms with van der Waals surface area (Å²) in [6, 6.07) is 7.99. The Kier molecular flexibility index (Phi) is 7.22. The molecule has 1 spiro atoms. The number of rotatable bonds is 8. The van der Waals surface area contributed by atoms with E-state index in [-0.39, 0.29) is 5.69 Å². The van der Waals surface area contributed by atoms with Gasteiger partial charge < -0.3 is 24.4 Å². The first-order valence-electron chi connectivity index (χ1n) is 12.0. The Balaban J connectivity index is 1.26. The fraction of sp³-hybridized carbons (Fsp3) is 0.462. The SMILES string of the molecule is COc1cc2ncnc(Nc3cc(Cl)ccc3F)c2cc1OCCCN1CCC2(CCOCC2)C1. The van der Waals surface area contributed by atoms with Gasteiger partial charge in [-0.3, -0.25) is 0 Å². The Morgan fingerprint density at radius 3 is 2.83 bits per heavy atom. The highest BCUT2D eigenvalue weighted by molar-refractivity contribution is 6.30. The van der Waals surface area contributed by atoms with Crippen LogP contribution in [0.4, 0.5) is 15.9 Å². The fourth-order valence-electron chi connectivity index (χ4n) is 5.06. The molecule has 2 fully saturated rings. The quantitative estimate of drug-likeness (QED) is 0.413. The molecule has 2 aliphatic heterocycles. The first kappa shape index (κ1) is 24.0. The van der Waals surface area contributed by atoms with Gasteiger partial charge in [0.2, 0.25) is 0 Å². The lowest BCUT2D eigenvalue weighted by atomic mass is 9.80. The lowest BCUT2D eigenvalue weighted by Crippen LogP contribution is -2.33. The minimum atomic E-state index is -0.421. The molecule has 0 unspecified atom stereocenters. The van der Waals surface area contributed by atoms with Crippen LogP contribution in [0.1, 0.15) is 25.7 Å². The molecule has 0 atom stereocenters. The van der Waals surface area contributed by atoms with Gasteiger partial charge in [-0.05, 0) is 61.9 Å². The van der Waals surface area contributed by atoms with Crippen molar-refractivity contribution in [2.45, 2.75) is 25.7 Å². The van der Waals surface area contributed by atoms with Crippen LogP contribution in [-0.2, 0) is 4.74 Å². The molecule has 1 aromatic heterocycles. The molecule has 0 aliphatic carbocycles. The van der Waals surface area contributed by atoms with E-state index in [1.807, 2.05) is 6.07 Å². The monoisotopic (exact) mass is 500 g/mol. The molecule has 0 amide bonds. The van der Waals surface area contributed by atoms with Gasteiger partial charge in [0.05, 0.1) is 24.9 Å². The van der Waals surface area contributed by atoms with Crippen LogP contribution in [-0.4, -0.2) is 61.4 Å². The van der Waals surface area contributed by atoms with Crippen molar-refractivity contribution in [2.75, 3.05) is 51.9 Å². The number of hydrogen-bond donors (Lipinski definition) is 1. The van der Waals surface area contributed by atoms with E-state index < -0.39 is 5.82 Å². The van der Waals surface area contributed by atoms with E-state index in [0.717, 1.165) is 39.3 Å². The van der Waals surface area contributed by atoms with Crippen molar-refractivity contribution in [1.82, 2.24) is 14.9 Å². The van der Waals surface area contributed by atoms with Gasteiger partial charge in [0.15, 0.2) is 11.5 Å². The van der Waals surface area contributed by atoms with Crippen LogP contribution in [0.25, 0.3) is 10.9 Å². The molecular weight excluding hydrogens is 471 g/mol. The number of methoxy groups -OCH3 is 1. The lowest BCUT2D eigenvalue weighted by molar-refractivity contribution is 0.0192. The highest BCUT2D eigenvalue weighted by Crippen LogP contribution is 2.40. The third kappa shape index (κ3) is 5.44. The lowest BCUT2D eigenvalue weighted by Gasteiger charge is -2.33. The molecule has 186 valence electrons. The highest BCUT2D eigenvalue weighted by Gasteiger charge is 2.38. The zero-order valence-corrected chi connectivity index (χ0v) is 20.6. The topological polar surface area (TPSA) is 68.7 Å². The molecule has 1 N–H and O–H groups in total. The van der Waals surface area contributed by atoms with Crippen LogP contribution in [0.5, 0.6) is 11.5 Å². The summed E-state index contributed by atoms with van der Waals surface area (Å²) in [5.41, 5.74) is 1.35. The van der Waals surface area contributed by atoms with E-state index in [2.05, 4.69) is 20.2 Å². The Morgan fingerprint density at radius 2 is 2.00 bits per heavy atom. The van der Waals surface area contributed by atoms with E-state index in [9.17, 15) is 4.39 Å². The fourth-order valence-corrected chi connectivity index (χ4v) is 5.23. The molecule has 0 saturated carbocycles. The maximum atomic E-state index is 14.3. The van der Waals surface area contributed by atoms with Crippen LogP contribution < -0.4 is 14.8 Å². The molecule has 2 saturated heterocycles. The molecule has 7 nitrogen and oxygen atoms in total. The van der Waals surface area contributed by atoms with E-state index >= 15 is 0 Å². The Morgan fingerprint density at radius 1 is 1.14 bits per heavy atom. The molecule has 35 heavy (non-hydrogen) atoms. The van der Waals surface area contributed by atoms with E-state index in [4.69, 9.17) is 25.8 Å². The Hall–Kier alpha value is -2.68. The first-order chi connectivity index (χ1) is 17.0. The number of nitrogens with zero attached hydrogens (tertiary/aromatic N) is 3. The summed E-state index contributed by atoms with van der Waals surface area (Å²) in [5, 5.41) is 4.16. The largest absolute Gasteiger partial charge is 0.493 e. The van der Waals surface area contributed by atoms with Gasteiger partial charge in [0, 0.05) is 42.8 Å². The van der Waals surface area contributed by atoms with Gasteiger partial charge in [0.1, 0.15) is 18.0 Å². The number of anilines is 2. The third-order valence-corrected chi connectivity index (χ3v) is 7.28. The number of hydrogen-bond acceptors (Lipinski definition) is 7. The predicted octanol–water partition coefficient (Wildman–Crippen LogP) is 5.45. The van der Waals surface area contributed by atoms with Gasteiger partial charge in [0.25, 0.3) is 0 Å².